The summed E-state index contributed by atoms with van der Waals surface area (Å²) < 4.78 is 4.92. The fourth-order valence-electron chi connectivity index (χ4n) is 6.82. The molecule has 3 aromatic heterocycles. The first kappa shape index (κ1) is 20.3. The first-order valence-electron chi connectivity index (χ1n) is 12.8. The van der Waals surface area contributed by atoms with Crippen LogP contribution in [0.4, 0.5) is 0 Å². The van der Waals surface area contributed by atoms with E-state index in [1.54, 1.807) is 0 Å². The first-order valence-corrected chi connectivity index (χ1v) is 12.8. The third kappa shape index (κ3) is 2.66. The predicted octanol–water partition coefficient (Wildman–Crippen LogP) is 8.12. The first-order chi connectivity index (χ1) is 16.3. The van der Waals surface area contributed by atoms with Gasteiger partial charge in [-0.15, -0.1) is 0 Å². The van der Waals surface area contributed by atoms with Crippen LogP contribution in [0.3, 0.4) is 0 Å². The molecule has 0 spiro atoms. The van der Waals surface area contributed by atoms with Crippen LogP contribution in [0.25, 0.3) is 49.0 Å². The molecule has 0 atom stereocenters. The number of aryl methyl sites for hydroxylation is 3. The lowest BCUT2D eigenvalue weighted by Crippen LogP contribution is -2.29. The minimum atomic E-state index is 0.486. The summed E-state index contributed by atoms with van der Waals surface area (Å²) in [5.74, 6) is 0.657. The minimum Gasteiger partial charge on any atom is -0.307 e. The van der Waals surface area contributed by atoms with Gasteiger partial charge in [0.15, 0.2) is 6.20 Å². The van der Waals surface area contributed by atoms with Crippen molar-refractivity contribution in [2.45, 2.75) is 59.3 Å². The number of benzene rings is 3. The van der Waals surface area contributed by atoms with E-state index in [9.17, 15) is 0 Å². The Bertz CT molecular complexity index is 1760. The average Bonchev–Trinajstić information content (AvgIpc) is 3.13. The van der Waals surface area contributed by atoms with Crippen molar-refractivity contribution in [2.75, 3.05) is 0 Å². The highest BCUT2D eigenvalue weighted by atomic mass is 15.0. The molecule has 170 valence electrons. The van der Waals surface area contributed by atoms with E-state index in [2.05, 4.69) is 98.4 Å². The molecule has 0 bridgehead atoms. The highest BCUT2D eigenvalue weighted by molar-refractivity contribution is 6.25. The van der Waals surface area contributed by atoms with E-state index < -0.39 is 0 Å². The van der Waals surface area contributed by atoms with Gasteiger partial charge in [0.25, 0.3) is 0 Å². The predicted molar refractivity (Wildman–Crippen MR) is 144 cm³/mol. The van der Waals surface area contributed by atoms with Crippen LogP contribution in [0, 0.1) is 19.3 Å². The van der Waals surface area contributed by atoms with Gasteiger partial charge in [-0.05, 0) is 85.6 Å². The van der Waals surface area contributed by atoms with Crippen molar-refractivity contribution in [3.8, 4) is 0 Å². The smallest absolute Gasteiger partial charge is 0.224 e. The van der Waals surface area contributed by atoms with E-state index in [1.807, 2.05) is 0 Å². The molecule has 2 heteroatoms. The van der Waals surface area contributed by atoms with Crippen LogP contribution < -0.4 is 4.57 Å². The quantitative estimate of drug-likeness (QED) is 0.137. The van der Waals surface area contributed by atoms with Gasteiger partial charge in [-0.3, -0.25) is 0 Å². The third-order valence-corrected chi connectivity index (χ3v) is 8.82. The molecule has 0 unspecified atom stereocenters. The van der Waals surface area contributed by atoms with Gasteiger partial charge in [-0.1, -0.05) is 43.7 Å². The molecule has 1 aliphatic carbocycles. The van der Waals surface area contributed by atoms with Gasteiger partial charge < -0.3 is 4.40 Å². The molecule has 0 amide bonds. The van der Waals surface area contributed by atoms with Crippen molar-refractivity contribution in [1.29, 1.82) is 0 Å². The van der Waals surface area contributed by atoms with Crippen LogP contribution >= 0.6 is 0 Å². The van der Waals surface area contributed by atoms with Gasteiger partial charge in [-0.2, -0.15) is 0 Å². The molecule has 3 heterocycles. The van der Waals surface area contributed by atoms with Crippen molar-refractivity contribution in [3.63, 3.8) is 0 Å². The zero-order valence-corrected chi connectivity index (χ0v) is 21.0. The van der Waals surface area contributed by atoms with Crippen LogP contribution in [0.2, 0.25) is 0 Å². The maximum atomic E-state index is 2.58. The Balaban J connectivity index is 1.68. The van der Waals surface area contributed by atoms with E-state index in [-0.39, 0.29) is 0 Å². The van der Waals surface area contributed by atoms with Gasteiger partial charge in [0, 0.05) is 16.8 Å². The van der Waals surface area contributed by atoms with Crippen molar-refractivity contribution in [2.24, 2.45) is 12.5 Å². The zero-order valence-electron chi connectivity index (χ0n) is 21.0. The molecule has 0 radical (unpaired) electrons. The van der Waals surface area contributed by atoms with Crippen molar-refractivity contribution >= 4 is 49.0 Å². The van der Waals surface area contributed by atoms with E-state index in [4.69, 9.17) is 0 Å². The summed E-state index contributed by atoms with van der Waals surface area (Å²) in [6, 6.07) is 19.0. The van der Waals surface area contributed by atoms with Crippen LogP contribution in [0.15, 0.2) is 54.7 Å². The van der Waals surface area contributed by atoms with E-state index in [1.165, 1.54) is 91.4 Å². The van der Waals surface area contributed by atoms with Crippen LogP contribution in [0.5, 0.6) is 0 Å². The van der Waals surface area contributed by atoms with E-state index >= 15 is 0 Å². The highest BCUT2D eigenvalue weighted by Gasteiger charge is 2.29. The Hall–Kier alpha value is -3.13. The Morgan fingerprint density at radius 3 is 2.44 bits per heavy atom. The molecule has 1 aliphatic rings. The maximum absolute atomic E-state index is 2.58. The number of rotatable bonds is 1. The van der Waals surface area contributed by atoms with Gasteiger partial charge in [0.2, 0.25) is 5.52 Å². The van der Waals surface area contributed by atoms with Crippen molar-refractivity contribution < 1.29 is 4.57 Å². The molecular weight excluding hydrogens is 412 g/mol. The van der Waals surface area contributed by atoms with Crippen LogP contribution in [-0.4, -0.2) is 4.40 Å². The van der Waals surface area contributed by atoms with E-state index in [0.717, 1.165) is 0 Å². The molecule has 34 heavy (non-hydrogen) atoms. The molecule has 0 N–H and O–H groups in total. The number of hydrogen-bond acceptors (Lipinski definition) is 0. The number of pyridine rings is 2. The fourth-order valence-corrected chi connectivity index (χ4v) is 6.82. The largest absolute Gasteiger partial charge is 0.307 e. The standard InChI is InChI=1S/C32H33N2/c1-19-6-9-26-25(16-19)24-8-7-20(2)28-30(24)34(26)27-18-23(21-10-13-32(3,4)14-11-21)17-22-12-15-33(5)31(28)29(22)27/h6-9,12,15-18,21H,10-11,13-14H2,1-5H3/q+1. The summed E-state index contributed by atoms with van der Waals surface area (Å²) in [5, 5.41) is 6.89. The average molecular weight is 446 g/mol. The second-order valence-corrected chi connectivity index (χ2v) is 11.7. The topological polar surface area (TPSA) is 8.29 Å². The molecule has 6 aromatic rings. The lowest BCUT2D eigenvalue weighted by atomic mass is 9.71. The second kappa shape index (κ2) is 6.72. The Morgan fingerprint density at radius 2 is 1.65 bits per heavy atom. The van der Waals surface area contributed by atoms with Crippen molar-refractivity contribution in [1.82, 2.24) is 4.40 Å². The number of nitrogens with zero attached hydrogens (tertiary/aromatic N) is 2. The molecule has 0 aliphatic heterocycles. The minimum absolute atomic E-state index is 0.486. The molecular formula is C32H33N2+. The molecule has 1 fully saturated rings. The SMILES string of the molecule is Cc1ccc2c(c1)c1ccc(C)c3c1n2c1cc(C2CCC(C)(C)CC2)cc2cc[n+](C)c3c21. The molecule has 2 nitrogen and oxygen atoms in total. The lowest BCUT2D eigenvalue weighted by molar-refractivity contribution is -0.643. The number of hydrogen-bond donors (Lipinski definition) is 0. The summed E-state index contributed by atoms with van der Waals surface area (Å²) in [5.41, 5.74) is 10.1. The number of fused-ring (bicyclic) bond motifs is 5. The normalized spacial score (nSPS) is 17.2. The summed E-state index contributed by atoms with van der Waals surface area (Å²) in [6.45, 7) is 9.34. The van der Waals surface area contributed by atoms with E-state index in [0.29, 0.717) is 11.3 Å². The molecule has 0 saturated heterocycles. The Kier molecular flexibility index (Phi) is 4.00. The zero-order chi connectivity index (χ0) is 23.4. The van der Waals surface area contributed by atoms with Gasteiger partial charge in [0.05, 0.1) is 27.3 Å². The van der Waals surface area contributed by atoms with Gasteiger partial charge >= 0.3 is 0 Å². The monoisotopic (exact) mass is 445 g/mol. The summed E-state index contributed by atoms with van der Waals surface area (Å²) in [7, 11) is 2.20. The summed E-state index contributed by atoms with van der Waals surface area (Å²) in [4.78, 5) is 0. The fraction of sp³-hybridized carbons (Fsp3) is 0.344. The van der Waals surface area contributed by atoms with Crippen molar-refractivity contribution in [3.05, 3.63) is 71.4 Å². The number of aromatic nitrogens is 2. The van der Waals surface area contributed by atoms with Crippen LogP contribution in [-0.2, 0) is 7.05 Å². The Labute approximate surface area is 201 Å². The maximum Gasteiger partial charge on any atom is 0.224 e. The van der Waals surface area contributed by atoms with Gasteiger partial charge in [-0.25, -0.2) is 4.57 Å². The third-order valence-electron chi connectivity index (χ3n) is 8.82. The highest BCUT2D eigenvalue weighted by Crippen LogP contribution is 2.45. The summed E-state index contributed by atoms with van der Waals surface area (Å²) in [6.07, 6.45) is 7.48. The molecule has 3 aromatic carbocycles. The van der Waals surface area contributed by atoms with Gasteiger partial charge in [0.1, 0.15) is 7.05 Å². The van der Waals surface area contributed by atoms with Crippen LogP contribution in [0.1, 0.15) is 62.1 Å². The second-order valence-electron chi connectivity index (χ2n) is 11.7. The molecule has 1 saturated carbocycles. The summed E-state index contributed by atoms with van der Waals surface area (Å²) >= 11 is 0. The lowest BCUT2D eigenvalue weighted by Gasteiger charge is -2.34. The molecule has 7 rings (SSSR count). The Morgan fingerprint density at radius 1 is 0.853 bits per heavy atom.